The number of rotatable bonds is 2. The van der Waals surface area contributed by atoms with Gasteiger partial charge in [-0.3, -0.25) is 0 Å². The molecule has 2 amide bonds. The normalized spacial score (nSPS) is 25.8. The molecule has 110 valence electrons. The van der Waals surface area contributed by atoms with Crippen molar-refractivity contribution in [3.05, 3.63) is 0 Å². The van der Waals surface area contributed by atoms with E-state index in [0.29, 0.717) is 19.5 Å². The van der Waals surface area contributed by atoms with Gasteiger partial charge in [0, 0.05) is 13.1 Å². The molecule has 3 N–H and O–H groups in total. The highest BCUT2D eigenvalue weighted by Gasteiger charge is 2.35. The van der Waals surface area contributed by atoms with Gasteiger partial charge in [0.2, 0.25) is 0 Å². The Morgan fingerprint density at radius 3 is 2.37 bits per heavy atom. The molecule has 1 rings (SSSR count). The molecule has 1 aliphatic rings. The van der Waals surface area contributed by atoms with Crippen LogP contribution in [0.3, 0.4) is 0 Å². The van der Waals surface area contributed by atoms with Crippen LogP contribution in [0.25, 0.3) is 0 Å². The second kappa shape index (κ2) is 5.77. The first kappa shape index (κ1) is 15.8. The molecule has 0 saturated carbocycles. The van der Waals surface area contributed by atoms with Gasteiger partial charge in [0.05, 0.1) is 6.10 Å². The monoisotopic (exact) mass is 272 g/mol. The third-order valence-electron chi connectivity index (χ3n) is 3.53. The summed E-state index contributed by atoms with van der Waals surface area (Å²) in [5.41, 5.74) is -0.553. The molecule has 1 saturated heterocycles. The van der Waals surface area contributed by atoms with Crippen molar-refractivity contribution in [1.82, 2.24) is 10.2 Å². The van der Waals surface area contributed by atoms with E-state index in [-0.39, 0.29) is 18.1 Å². The number of urea groups is 1. The molecular formula is C13H24N2O4. The third-order valence-corrected chi connectivity index (χ3v) is 3.53. The Morgan fingerprint density at radius 1 is 1.37 bits per heavy atom. The Bertz CT molecular complexity index is 351. The summed E-state index contributed by atoms with van der Waals surface area (Å²) in [6, 6.07) is -1.30. The fourth-order valence-electron chi connectivity index (χ4n) is 2.18. The summed E-state index contributed by atoms with van der Waals surface area (Å²) in [6.07, 6.45) is 0.143. The Hall–Kier alpha value is -1.30. The van der Waals surface area contributed by atoms with Crippen LogP contribution >= 0.6 is 0 Å². The van der Waals surface area contributed by atoms with E-state index in [9.17, 15) is 19.8 Å². The molecule has 0 aliphatic carbocycles. The summed E-state index contributed by atoms with van der Waals surface area (Å²) in [5.74, 6) is -1.02. The van der Waals surface area contributed by atoms with E-state index in [1.54, 1.807) is 25.7 Å². The second-order valence-electron chi connectivity index (χ2n) is 6.37. The summed E-state index contributed by atoms with van der Waals surface area (Å²) in [6.45, 7) is 8.10. The maximum atomic E-state index is 12.1. The average Bonchev–Trinajstić information content (AvgIpc) is 2.27. The number of hydrogen-bond acceptors (Lipinski definition) is 3. The van der Waals surface area contributed by atoms with Crippen LogP contribution < -0.4 is 5.32 Å². The van der Waals surface area contributed by atoms with Crippen molar-refractivity contribution in [2.45, 2.75) is 46.3 Å². The van der Waals surface area contributed by atoms with Gasteiger partial charge in [-0.15, -0.1) is 0 Å². The predicted molar refractivity (Wildman–Crippen MR) is 70.8 cm³/mol. The first-order valence-corrected chi connectivity index (χ1v) is 6.59. The van der Waals surface area contributed by atoms with Gasteiger partial charge in [-0.25, -0.2) is 9.59 Å². The smallest absolute Gasteiger partial charge is 0.326 e. The van der Waals surface area contributed by atoms with Gasteiger partial charge >= 0.3 is 12.0 Å². The highest BCUT2D eigenvalue weighted by atomic mass is 16.4. The van der Waals surface area contributed by atoms with Gasteiger partial charge in [-0.1, -0.05) is 27.7 Å². The summed E-state index contributed by atoms with van der Waals surface area (Å²) < 4.78 is 0. The van der Waals surface area contributed by atoms with Crippen LogP contribution in [0.5, 0.6) is 0 Å². The minimum absolute atomic E-state index is 0.0115. The predicted octanol–water partition coefficient (Wildman–Crippen LogP) is 0.898. The van der Waals surface area contributed by atoms with Gasteiger partial charge in [-0.2, -0.15) is 0 Å². The number of amides is 2. The molecule has 19 heavy (non-hydrogen) atoms. The molecule has 0 aromatic rings. The number of likely N-dealkylation sites (tertiary alicyclic amines) is 1. The number of carboxylic acids is 1. The Morgan fingerprint density at radius 2 is 1.95 bits per heavy atom. The minimum atomic E-state index is -1.04. The molecule has 1 aliphatic heterocycles. The van der Waals surface area contributed by atoms with E-state index in [1.807, 2.05) is 6.92 Å². The average molecular weight is 272 g/mol. The molecule has 6 heteroatoms. The zero-order chi connectivity index (χ0) is 14.8. The molecule has 3 atom stereocenters. The maximum absolute atomic E-state index is 12.1. The quantitative estimate of drug-likeness (QED) is 0.696. The zero-order valence-electron chi connectivity index (χ0n) is 12.0. The van der Waals surface area contributed by atoms with Crippen molar-refractivity contribution in [3.8, 4) is 0 Å². The highest BCUT2D eigenvalue weighted by molar-refractivity contribution is 5.83. The molecule has 0 aromatic carbocycles. The number of carbonyl (C=O) groups excluding carboxylic acids is 1. The minimum Gasteiger partial charge on any atom is -0.480 e. The van der Waals surface area contributed by atoms with Gasteiger partial charge < -0.3 is 20.4 Å². The van der Waals surface area contributed by atoms with Crippen LogP contribution in [0.15, 0.2) is 0 Å². The van der Waals surface area contributed by atoms with E-state index in [2.05, 4.69) is 5.32 Å². The van der Waals surface area contributed by atoms with Crippen LogP contribution in [0.1, 0.15) is 34.1 Å². The number of hydrogen-bond donors (Lipinski definition) is 3. The van der Waals surface area contributed by atoms with E-state index < -0.39 is 17.4 Å². The fraction of sp³-hybridized carbons (Fsp3) is 0.846. The van der Waals surface area contributed by atoms with Gasteiger partial charge in [0.15, 0.2) is 0 Å². The number of aliphatic hydroxyl groups is 1. The van der Waals surface area contributed by atoms with E-state index in [4.69, 9.17) is 0 Å². The first-order chi connectivity index (χ1) is 8.62. The van der Waals surface area contributed by atoms with Crippen molar-refractivity contribution in [2.75, 3.05) is 13.1 Å². The first-order valence-electron chi connectivity index (χ1n) is 6.59. The summed E-state index contributed by atoms with van der Waals surface area (Å²) in [7, 11) is 0. The molecular weight excluding hydrogens is 248 g/mol. The number of carboxylic acid groups (broad SMARTS) is 1. The van der Waals surface area contributed by atoms with E-state index >= 15 is 0 Å². The highest BCUT2D eigenvalue weighted by Crippen LogP contribution is 2.21. The molecule has 0 aromatic heterocycles. The third kappa shape index (κ3) is 4.09. The Labute approximate surface area is 113 Å². The topological polar surface area (TPSA) is 89.9 Å². The van der Waals surface area contributed by atoms with Crippen molar-refractivity contribution < 1.29 is 19.8 Å². The number of piperidine rings is 1. The second-order valence-corrected chi connectivity index (χ2v) is 6.37. The lowest BCUT2D eigenvalue weighted by molar-refractivity contribution is -0.142. The van der Waals surface area contributed by atoms with Crippen molar-refractivity contribution in [2.24, 2.45) is 11.3 Å². The van der Waals surface area contributed by atoms with Crippen molar-refractivity contribution in [3.63, 3.8) is 0 Å². The largest absolute Gasteiger partial charge is 0.480 e. The van der Waals surface area contributed by atoms with Crippen LogP contribution in [-0.2, 0) is 4.79 Å². The standard InChI is InChI=1S/C13H24N2O4/c1-8-7-15(6-5-9(8)16)12(19)14-10(11(17)18)13(2,3)4/h8-10,16H,5-7H2,1-4H3,(H,14,19)(H,17,18)/t8?,9?,10-/m0/s1. The zero-order valence-corrected chi connectivity index (χ0v) is 12.0. The lowest BCUT2D eigenvalue weighted by Gasteiger charge is -2.36. The molecule has 6 nitrogen and oxygen atoms in total. The number of nitrogens with one attached hydrogen (secondary N) is 1. The molecule has 1 heterocycles. The van der Waals surface area contributed by atoms with Gasteiger partial charge in [-0.05, 0) is 17.8 Å². The molecule has 1 fully saturated rings. The van der Waals surface area contributed by atoms with Gasteiger partial charge in [0.1, 0.15) is 6.04 Å². The molecule has 0 radical (unpaired) electrons. The molecule has 2 unspecified atom stereocenters. The maximum Gasteiger partial charge on any atom is 0.326 e. The number of carbonyl (C=O) groups is 2. The lowest BCUT2D eigenvalue weighted by atomic mass is 9.87. The number of aliphatic carboxylic acids is 1. The SMILES string of the molecule is CC1CN(C(=O)N[C@@H](C(=O)O)C(C)(C)C)CCC1O. The fourth-order valence-corrected chi connectivity index (χ4v) is 2.18. The lowest BCUT2D eigenvalue weighted by Crippen LogP contribution is -2.56. The van der Waals surface area contributed by atoms with Crippen LogP contribution in [0, 0.1) is 11.3 Å². The van der Waals surface area contributed by atoms with E-state index in [0.717, 1.165) is 0 Å². The number of nitrogens with zero attached hydrogens (tertiary/aromatic N) is 1. The van der Waals surface area contributed by atoms with Crippen molar-refractivity contribution in [1.29, 1.82) is 0 Å². The van der Waals surface area contributed by atoms with E-state index in [1.165, 1.54) is 0 Å². The Balaban J connectivity index is 2.66. The number of aliphatic hydroxyl groups excluding tert-OH is 1. The summed E-state index contributed by atoms with van der Waals surface area (Å²) in [4.78, 5) is 24.9. The van der Waals surface area contributed by atoms with Crippen LogP contribution in [0.4, 0.5) is 4.79 Å². The molecule has 0 bridgehead atoms. The van der Waals surface area contributed by atoms with Crippen LogP contribution in [-0.4, -0.2) is 52.3 Å². The van der Waals surface area contributed by atoms with Crippen LogP contribution in [0.2, 0.25) is 0 Å². The summed E-state index contributed by atoms with van der Waals surface area (Å²) in [5, 5.41) is 21.4. The van der Waals surface area contributed by atoms with Crippen molar-refractivity contribution >= 4 is 12.0 Å². The molecule has 0 spiro atoms. The van der Waals surface area contributed by atoms with Gasteiger partial charge in [0.25, 0.3) is 0 Å². The summed E-state index contributed by atoms with van der Waals surface area (Å²) >= 11 is 0. The Kier molecular flexibility index (Phi) is 4.79.